The molecule has 1 aromatic carbocycles. The molecule has 37 heavy (non-hydrogen) atoms. The number of aromatic nitrogens is 6. The van der Waals surface area contributed by atoms with Gasteiger partial charge in [-0.05, 0) is 45.9 Å². The number of anilines is 2. The number of hydrogen-bond donors (Lipinski definition) is 1. The van der Waals surface area contributed by atoms with Gasteiger partial charge in [0, 0.05) is 34.4 Å². The van der Waals surface area contributed by atoms with E-state index in [-0.39, 0.29) is 23.2 Å². The molecule has 0 bridgehead atoms. The van der Waals surface area contributed by atoms with Gasteiger partial charge in [0.25, 0.3) is 9.05 Å². The van der Waals surface area contributed by atoms with Gasteiger partial charge in [0.05, 0.1) is 29.1 Å². The zero-order chi connectivity index (χ0) is 26.3. The molecule has 0 fully saturated rings. The van der Waals surface area contributed by atoms with Gasteiger partial charge in [0.1, 0.15) is 18.2 Å². The van der Waals surface area contributed by atoms with Gasteiger partial charge in [-0.15, -0.1) is 5.10 Å². The molecule has 194 valence electrons. The number of ether oxygens (including phenoxy) is 2. The molecule has 0 saturated carbocycles. The van der Waals surface area contributed by atoms with Crippen LogP contribution in [0.15, 0.2) is 52.5 Å². The second-order valence-electron chi connectivity index (χ2n) is 8.39. The molecule has 1 unspecified atom stereocenters. The number of fused-ring (bicyclic) bond motifs is 2. The summed E-state index contributed by atoms with van der Waals surface area (Å²) in [6, 6.07) is 4.46. The molecule has 0 aliphatic heterocycles. The summed E-state index contributed by atoms with van der Waals surface area (Å²) in [5.41, 5.74) is 2.49. The lowest BCUT2D eigenvalue weighted by Gasteiger charge is -2.13. The second-order valence-corrected chi connectivity index (χ2v) is 10.9. The summed E-state index contributed by atoms with van der Waals surface area (Å²) >= 11 is 0. The van der Waals surface area contributed by atoms with E-state index >= 15 is 0 Å². The van der Waals surface area contributed by atoms with Crippen LogP contribution in [0.4, 0.5) is 11.6 Å². The quantitative estimate of drug-likeness (QED) is 0.258. The fourth-order valence-corrected chi connectivity index (χ4v) is 4.94. The highest BCUT2D eigenvalue weighted by Gasteiger charge is 2.22. The molecule has 1 atom stereocenters. The van der Waals surface area contributed by atoms with Crippen molar-refractivity contribution in [3.05, 3.63) is 43.2 Å². The first-order chi connectivity index (χ1) is 17.7. The monoisotopic (exact) mass is 545 g/mol. The summed E-state index contributed by atoms with van der Waals surface area (Å²) in [4.78, 5) is 9.13. The van der Waals surface area contributed by atoms with Crippen LogP contribution in [0.1, 0.15) is 33.9 Å². The first-order valence-electron chi connectivity index (χ1n) is 11.5. The average Bonchev–Trinajstić information content (AvgIpc) is 3.58. The third-order valence-corrected chi connectivity index (χ3v) is 6.82. The lowest BCUT2D eigenvalue weighted by Crippen LogP contribution is -2.10. The molecule has 0 saturated heterocycles. The van der Waals surface area contributed by atoms with E-state index in [1.807, 2.05) is 33.9 Å². The van der Waals surface area contributed by atoms with Gasteiger partial charge in [-0.25, -0.2) is 18.1 Å². The molecule has 0 amide bonds. The van der Waals surface area contributed by atoms with E-state index in [0.29, 0.717) is 40.4 Å². The van der Waals surface area contributed by atoms with Crippen LogP contribution < -0.4 is 10.1 Å². The molecule has 5 aromatic rings. The maximum absolute atomic E-state index is 11.9. The van der Waals surface area contributed by atoms with Crippen LogP contribution in [0.5, 0.6) is 5.75 Å². The van der Waals surface area contributed by atoms with Crippen molar-refractivity contribution in [3.63, 3.8) is 0 Å². The normalized spacial score (nSPS) is 13.0. The van der Waals surface area contributed by atoms with Crippen LogP contribution in [-0.2, 0) is 13.8 Å². The van der Waals surface area contributed by atoms with Gasteiger partial charge in [0.2, 0.25) is 11.6 Å². The van der Waals surface area contributed by atoms with Gasteiger partial charge in [-0.3, -0.25) is 0 Å². The van der Waals surface area contributed by atoms with Crippen LogP contribution >= 0.6 is 10.7 Å². The third kappa shape index (κ3) is 4.84. The standard InChI is InChI=1S/C23H24ClN7O5S/c1-5-34-14(4)30-11-15(10-26-30)19-21(36-13(2)3)22-28-23(29-31(22)12-25-19)27-17-6-7-18(37(24,32)33)16-8-9-35-20(16)17/h6-14H,5H2,1-4H3,(H,27,29). The van der Waals surface area contributed by atoms with E-state index in [9.17, 15) is 8.42 Å². The van der Waals surface area contributed by atoms with Crippen LogP contribution in [0.25, 0.3) is 27.9 Å². The Morgan fingerprint density at radius 1 is 1.22 bits per heavy atom. The minimum atomic E-state index is -3.96. The third-order valence-electron chi connectivity index (χ3n) is 5.44. The number of furan rings is 1. The predicted octanol–water partition coefficient (Wildman–Crippen LogP) is 4.75. The van der Waals surface area contributed by atoms with Crippen molar-refractivity contribution in [2.75, 3.05) is 11.9 Å². The fourth-order valence-electron chi connectivity index (χ4n) is 3.88. The summed E-state index contributed by atoms with van der Waals surface area (Å²) in [7, 11) is 1.61. The van der Waals surface area contributed by atoms with Crippen molar-refractivity contribution in [3.8, 4) is 17.0 Å². The van der Waals surface area contributed by atoms with Gasteiger partial charge in [-0.2, -0.15) is 14.6 Å². The summed E-state index contributed by atoms with van der Waals surface area (Å²) in [6.07, 6.45) is 6.05. The van der Waals surface area contributed by atoms with Crippen LogP contribution in [0.3, 0.4) is 0 Å². The Morgan fingerprint density at radius 2 is 2.03 bits per heavy atom. The highest BCUT2D eigenvalue weighted by Crippen LogP contribution is 2.35. The molecule has 0 aliphatic rings. The van der Waals surface area contributed by atoms with E-state index in [2.05, 4.69) is 25.5 Å². The van der Waals surface area contributed by atoms with Crippen LogP contribution in [-0.4, -0.2) is 50.5 Å². The Balaban J connectivity index is 1.55. The molecule has 14 heteroatoms. The van der Waals surface area contributed by atoms with Crippen molar-refractivity contribution in [1.82, 2.24) is 29.4 Å². The highest BCUT2D eigenvalue weighted by atomic mass is 35.7. The zero-order valence-corrected chi connectivity index (χ0v) is 22.0. The van der Waals surface area contributed by atoms with E-state index in [4.69, 9.17) is 24.6 Å². The Labute approximate surface area is 216 Å². The molecule has 5 rings (SSSR count). The maximum atomic E-state index is 11.9. The van der Waals surface area contributed by atoms with Crippen molar-refractivity contribution < 1.29 is 22.3 Å². The minimum Gasteiger partial charge on any atom is -0.485 e. The molecule has 4 aromatic heterocycles. The molecule has 0 aliphatic carbocycles. The van der Waals surface area contributed by atoms with Gasteiger partial charge in [-0.1, -0.05) is 0 Å². The Morgan fingerprint density at radius 3 is 2.76 bits per heavy atom. The lowest BCUT2D eigenvalue weighted by atomic mass is 10.2. The number of nitrogens with one attached hydrogen (secondary N) is 1. The van der Waals surface area contributed by atoms with Crippen LogP contribution in [0.2, 0.25) is 0 Å². The Hall–Kier alpha value is -3.68. The Bertz CT molecular complexity index is 1690. The number of nitrogens with zero attached hydrogens (tertiary/aromatic N) is 6. The van der Waals surface area contributed by atoms with E-state index in [0.717, 1.165) is 5.56 Å². The van der Waals surface area contributed by atoms with E-state index < -0.39 is 9.05 Å². The predicted molar refractivity (Wildman–Crippen MR) is 137 cm³/mol. The number of rotatable bonds is 9. The molecule has 1 N–H and O–H groups in total. The second kappa shape index (κ2) is 9.65. The van der Waals surface area contributed by atoms with Gasteiger partial charge in [0.15, 0.2) is 11.3 Å². The molecule has 4 heterocycles. The topological polar surface area (TPSA) is 139 Å². The van der Waals surface area contributed by atoms with Gasteiger partial charge >= 0.3 is 0 Å². The molecule has 0 spiro atoms. The number of benzene rings is 1. The summed E-state index contributed by atoms with van der Waals surface area (Å²) in [6.45, 7) is 8.20. The van der Waals surface area contributed by atoms with Crippen molar-refractivity contribution in [1.29, 1.82) is 0 Å². The maximum Gasteiger partial charge on any atom is 0.262 e. The van der Waals surface area contributed by atoms with E-state index in [1.54, 1.807) is 10.9 Å². The van der Waals surface area contributed by atoms with Crippen molar-refractivity contribution in [2.45, 2.75) is 44.9 Å². The SMILES string of the molecule is CCOC(C)n1cc(-c2ncn3nc(Nc4ccc(S(=O)(=O)Cl)c5ccoc45)nc3c2OC(C)C)cn1. The number of halogens is 1. The lowest BCUT2D eigenvalue weighted by molar-refractivity contribution is 0.0160. The van der Waals surface area contributed by atoms with Crippen molar-refractivity contribution >= 4 is 48.0 Å². The molecule has 0 radical (unpaired) electrons. The average molecular weight is 546 g/mol. The Kier molecular flexibility index (Phi) is 6.52. The van der Waals surface area contributed by atoms with E-state index in [1.165, 1.54) is 35.3 Å². The van der Waals surface area contributed by atoms with Gasteiger partial charge < -0.3 is 19.2 Å². The highest BCUT2D eigenvalue weighted by molar-refractivity contribution is 8.14. The molecule has 12 nitrogen and oxygen atoms in total. The van der Waals surface area contributed by atoms with Crippen molar-refractivity contribution in [2.24, 2.45) is 0 Å². The summed E-state index contributed by atoms with van der Waals surface area (Å²) in [5, 5.41) is 12.3. The first-order valence-corrected chi connectivity index (χ1v) is 13.8. The first kappa shape index (κ1) is 25.0. The van der Waals surface area contributed by atoms with Crippen LogP contribution in [0, 0.1) is 0 Å². The summed E-state index contributed by atoms with van der Waals surface area (Å²) < 4.78 is 44.3. The fraction of sp³-hybridized carbons (Fsp3) is 0.304. The number of hydrogen-bond acceptors (Lipinski definition) is 10. The zero-order valence-electron chi connectivity index (χ0n) is 20.4. The largest absolute Gasteiger partial charge is 0.485 e. The molecular weight excluding hydrogens is 522 g/mol. The summed E-state index contributed by atoms with van der Waals surface area (Å²) in [5.74, 6) is 0.667. The minimum absolute atomic E-state index is 0.0490. The smallest absolute Gasteiger partial charge is 0.262 e. The molecular formula is C23H24ClN7O5S.